The number of methoxy groups -OCH3 is 1. The number of carbonyl (C=O) groups is 1. The molecule has 174 valence electrons. The summed E-state index contributed by atoms with van der Waals surface area (Å²) in [5.74, 6) is -0.263. The molecule has 9 heteroatoms. The van der Waals surface area contributed by atoms with Crippen molar-refractivity contribution in [2.24, 2.45) is 0 Å². The zero-order valence-electron chi connectivity index (χ0n) is 19.1. The Balaban J connectivity index is 1.60. The molecule has 2 aromatic carbocycles. The van der Waals surface area contributed by atoms with Crippen molar-refractivity contribution in [3.05, 3.63) is 71.2 Å². The Bertz CT molecular complexity index is 1400. The predicted molar refractivity (Wildman–Crippen MR) is 131 cm³/mol. The van der Waals surface area contributed by atoms with Gasteiger partial charge in [-0.15, -0.1) is 0 Å². The van der Waals surface area contributed by atoms with Crippen molar-refractivity contribution in [1.29, 1.82) is 5.26 Å². The third kappa shape index (κ3) is 4.55. The monoisotopic (exact) mass is 477 g/mol. The van der Waals surface area contributed by atoms with Gasteiger partial charge < -0.3 is 14.6 Å². The summed E-state index contributed by atoms with van der Waals surface area (Å²) < 4.78 is 22.9. The number of nitrogens with one attached hydrogen (secondary N) is 1. The van der Waals surface area contributed by atoms with Crippen LogP contribution >= 0.6 is 11.8 Å². The van der Waals surface area contributed by atoms with Crippen molar-refractivity contribution in [2.75, 3.05) is 24.8 Å². The predicted octanol–water partition coefficient (Wildman–Crippen LogP) is 4.83. The standard InChI is InChI=1S/C25H24FN5O2S/c1-16-17(2)31(19-8-6-7-18(26)13-19)24(20(16)14-27)29-23(32)15-34-25-28-21-9-4-5-10-22(21)30(25)11-12-33-3/h4-10,13H,11-12,15H2,1-3H3,(H,29,32). The number of rotatable bonds is 8. The van der Waals surface area contributed by atoms with E-state index >= 15 is 0 Å². The Hall–Kier alpha value is -3.61. The van der Waals surface area contributed by atoms with Crippen LogP contribution in [0.4, 0.5) is 10.2 Å². The first-order valence-electron chi connectivity index (χ1n) is 10.7. The molecule has 0 radical (unpaired) electrons. The molecule has 0 aliphatic rings. The summed E-state index contributed by atoms with van der Waals surface area (Å²) in [6.45, 7) is 4.78. The molecule has 0 saturated heterocycles. The molecule has 0 spiro atoms. The minimum absolute atomic E-state index is 0.0909. The fraction of sp³-hybridized carbons (Fsp3) is 0.240. The van der Waals surface area contributed by atoms with E-state index < -0.39 is 5.82 Å². The van der Waals surface area contributed by atoms with E-state index in [4.69, 9.17) is 4.74 Å². The SMILES string of the molecule is COCCn1c(SCC(=O)Nc2c(C#N)c(C)c(C)n2-c2cccc(F)c2)nc2ccccc21. The number of halogens is 1. The lowest BCUT2D eigenvalue weighted by Crippen LogP contribution is -2.18. The molecule has 0 unspecified atom stereocenters. The first-order chi connectivity index (χ1) is 16.4. The Morgan fingerprint density at radius 1 is 1.24 bits per heavy atom. The zero-order valence-corrected chi connectivity index (χ0v) is 19.9. The number of imidazole rings is 1. The quantitative estimate of drug-likeness (QED) is 0.368. The highest BCUT2D eigenvalue weighted by molar-refractivity contribution is 7.99. The van der Waals surface area contributed by atoms with Crippen LogP contribution in [0.25, 0.3) is 16.7 Å². The molecule has 0 fully saturated rings. The maximum Gasteiger partial charge on any atom is 0.236 e. The number of thioether (sulfide) groups is 1. The Kier molecular flexibility index (Phi) is 7.01. The van der Waals surface area contributed by atoms with Gasteiger partial charge in [-0.2, -0.15) is 5.26 Å². The molecule has 34 heavy (non-hydrogen) atoms. The normalized spacial score (nSPS) is 11.0. The molecule has 0 aliphatic heterocycles. The molecule has 0 aliphatic carbocycles. The summed E-state index contributed by atoms with van der Waals surface area (Å²) in [7, 11) is 1.64. The highest BCUT2D eigenvalue weighted by Gasteiger charge is 2.21. The number of nitriles is 1. The second-order valence-electron chi connectivity index (χ2n) is 7.73. The van der Waals surface area contributed by atoms with Crippen LogP contribution in [0.15, 0.2) is 53.7 Å². The fourth-order valence-electron chi connectivity index (χ4n) is 3.86. The van der Waals surface area contributed by atoms with Crippen LogP contribution in [0, 0.1) is 31.0 Å². The summed E-state index contributed by atoms with van der Waals surface area (Å²) >= 11 is 1.31. The summed E-state index contributed by atoms with van der Waals surface area (Å²) in [4.78, 5) is 17.6. The molecule has 2 heterocycles. The lowest BCUT2D eigenvalue weighted by Gasteiger charge is -2.13. The second kappa shape index (κ2) is 10.1. The van der Waals surface area contributed by atoms with E-state index in [0.717, 1.165) is 22.3 Å². The Morgan fingerprint density at radius 2 is 2.03 bits per heavy atom. The van der Waals surface area contributed by atoms with Crippen LogP contribution in [-0.4, -0.2) is 39.5 Å². The van der Waals surface area contributed by atoms with Gasteiger partial charge in [0.25, 0.3) is 0 Å². The molecule has 4 aromatic rings. The van der Waals surface area contributed by atoms with E-state index in [0.29, 0.717) is 35.4 Å². The van der Waals surface area contributed by atoms with Crippen LogP contribution < -0.4 is 5.32 Å². The van der Waals surface area contributed by atoms with E-state index in [-0.39, 0.29) is 11.7 Å². The zero-order chi connectivity index (χ0) is 24.2. The largest absolute Gasteiger partial charge is 0.383 e. The first kappa shape index (κ1) is 23.5. The van der Waals surface area contributed by atoms with Crippen molar-refractivity contribution >= 4 is 34.5 Å². The number of hydrogen-bond acceptors (Lipinski definition) is 5. The number of nitrogens with zero attached hydrogens (tertiary/aromatic N) is 4. The molecule has 0 bridgehead atoms. The van der Waals surface area contributed by atoms with Crippen molar-refractivity contribution in [3.63, 3.8) is 0 Å². The lowest BCUT2D eigenvalue weighted by atomic mass is 10.2. The third-order valence-corrected chi connectivity index (χ3v) is 6.60. The van der Waals surface area contributed by atoms with Crippen LogP contribution in [0.2, 0.25) is 0 Å². The second-order valence-corrected chi connectivity index (χ2v) is 8.67. The first-order valence-corrected chi connectivity index (χ1v) is 11.7. The van der Waals surface area contributed by atoms with E-state index in [1.54, 1.807) is 23.8 Å². The van der Waals surface area contributed by atoms with E-state index in [1.807, 2.05) is 42.7 Å². The average Bonchev–Trinajstić information content (AvgIpc) is 3.30. The van der Waals surface area contributed by atoms with Gasteiger partial charge in [0, 0.05) is 19.3 Å². The van der Waals surface area contributed by atoms with Crippen molar-refractivity contribution in [1.82, 2.24) is 14.1 Å². The van der Waals surface area contributed by atoms with Crippen LogP contribution in [0.3, 0.4) is 0 Å². The molecule has 0 saturated carbocycles. The summed E-state index contributed by atoms with van der Waals surface area (Å²) in [6, 6.07) is 16.0. The third-order valence-electron chi connectivity index (χ3n) is 5.62. The Morgan fingerprint density at radius 3 is 2.76 bits per heavy atom. The van der Waals surface area contributed by atoms with E-state index in [2.05, 4.69) is 16.4 Å². The number of hydrogen-bond donors (Lipinski definition) is 1. The van der Waals surface area contributed by atoms with Crippen molar-refractivity contribution in [3.8, 4) is 11.8 Å². The number of carbonyl (C=O) groups excluding carboxylic acids is 1. The number of ether oxygens (including phenoxy) is 1. The molecule has 1 amide bonds. The van der Waals surface area contributed by atoms with Crippen LogP contribution in [0.1, 0.15) is 16.8 Å². The van der Waals surface area contributed by atoms with E-state index in [9.17, 15) is 14.4 Å². The molecule has 1 N–H and O–H groups in total. The van der Waals surface area contributed by atoms with Gasteiger partial charge >= 0.3 is 0 Å². The van der Waals surface area contributed by atoms with Crippen LogP contribution in [-0.2, 0) is 16.1 Å². The highest BCUT2D eigenvalue weighted by Crippen LogP contribution is 2.31. The van der Waals surface area contributed by atoms with Gasteiger partial charge in [0.15, 0.2) is 5.16 Å². The molecule has 7 nitrogen and oxygen atoms in total. The molecular weight excluding hydrogens is 453 g/mol. The summed E-state index contributed by atoms with van der Waals surface area (Å²) in [5, 5.41) is 13.3. The van der Waals surface area contributed by atoms with Gasteiger partial charge in [-0.25, -0.2) is 9.37 Å². The minimum atomic E-state index is -0.399. The van der Waals surface area contributed by atoms with Crippen molar-refractivity contribution in [2.45, 2.75) is 25.5 Å². The minimum Gasteiger partial charge on any atom is -0.383 e. The van der Waals surface area contributed by atoms with E-state index in [1.165, 1.54) is 23.9 Å². The fourth-order valence-corrected chi connectivity index (χ4v) is 4.70. The smallest absolute Gasteiger partial charge is 0.236 e. The number of benzene rings is 2. The van der Waals surface area contributed by atoms with Crippen LogP contribution in [0.5, 0.6) is 0 Å². The van der Waals surface area contributed by atoms with Gasteiger partial charge in [-0.05, 0) is 49.7 Å². The maximum atomic E-state index is 13.9. The molecule has 0 atom stereocenters. The number of fused-ring (bicyclic) bond motifs is 1. The number of para-hydroxylation sites is 2. The maximum absolute atomic E-state index is 13.9. The van der Waals surface area contributed by atoms with Crippen molar-refractivity contribution < 1.29 is 13.9 Å². The number of amides is 1. The van der Waals surface area contributed by atoms with Gasteiger partial charge in [0.1, 0.15) is 17.7 Å². The molecule has 4 rings (SSSR count). The van der Waals surface area contributed by atoms with Gasteiger partial charge in [-0.3, -0.25) is 9.36 Å². The van der Waals surface area contributed by atoms with Gasteiger partial charge in [0.2, 0.25) is 5.91 Å². The number of anilines is 1. The van der Waals surface area contributed by atoms with Gasteiger partial charge in [0.05, 0.1) is 34.6 Å². The lowest BCUT2D eigenvalue weighted by molar-refractivity contribution is -0.113. The molecular formula is C25H24FN5O2S. The topological polar surface area (TPSA) is 84.9 Å². The molecule has 2 aromatic heterocycles. The summed E-state index contributed by atoms with van der Waals surface area (Å²) in [5.41, 5.74) is 4.20. The Labute approximate surface area is 201 Å². The number of aromatic nitrogens is 3. The average molecular weight is 478 g/mol. The summed E-state index contributed by atoms with van der Waals surface area (Å²) in [6.07, 6.45) is 0. The van der Waals surface area contributed by atoms with Gasteiger partial charge in [-0.1, -0.05) is 30.0 Å². The highest BCUT2D eigenvalue weighted by atomic mass is 32.2.